The summed E-state index contributed by atoms with van der Waals surface area (Å²) in [5.41, 5.74) is 0.355. The number of morpholine rings is 1. The number of carbonyl (C=O) groups is 2. The molecule has 2 atom stereocenters. The van der Waals surface area contributed by atoms with E-state index in [1.807, 2.05) is 50.8 Å². The van der Waals surface area contributed by atoms with Crippen molar-refractivity contribution >= 4 is 12.0 Å². The average Bonchev–Trinajstić information content (AvgIpc) is 3.66. The molecule has 0 aromatic heterocycles. The van der Waals surface area contributed by atoms with Gasteiger partial charge in [-0.3, -0.25) is 4.79 Å². The van der Waals surface area contributed by atoms with Crippen molar-refractivity contribution in [1.29, 1.82) is 0 Å². The Balaban J connectivity index is 1.73. The first kappa shape index (κ1) is 27.1. The lowest BCUT2D eigenvalue weighted by Gasteiger charge is -2.38. The van der Waals surface area contributed by atoms with Crippen LogP contribution in [0.15, 0.2) is 18.2 Å². The molecular weight excluding hydrogens is 452 g/mol. The Labute approximate surface area is 208 Å². The molecule has 2 aliphatic rings. The molecule has 1 aliphatic heterocycles. The molecule has 35 heavy (non-hydrogen) atoms. The summed E-state index contributed by atoms with van der Waals surface area (Å²) in [6.07, 6.45) is 1.53. The van der Waals surface area contributed by atoms with E-state index in [9.17, 15) is 9.59 Å². The van der Waals surface area contributed by atoms with Gasteiger partial charge in [0.25, 0.3) is 5.91 Å². The summed E-state index contributed by atoms with van der Waals surface area (Å²) in [5.74, 6) is 1.18. The van der Waals surface area contributed by atoms with Crippen LogP contribution in [0.4, 0.5) is 4.79 Å². The number of methoxy groups -OCH3 is 2. The van der Waals surface area contributed by atoms with Gasteiger partial charge in [-0.25, -0.2) is 4.79 Å². The normalized spacial score (nSPS) is 19.1. The van der Waals surface area contributed by atoms with E-state index in [0.29, 0.717) is 37.9 Å². The van der Waals surface area contributed by atoms with Crippen molar-refractivity contribution in [3.63, 3.8) is 0 Å². The van der Waals surface area contributed by atoms with Crippen LogP contribution in [0.1, 0.15) is 58.6 Å². The van der Waals surface area contributed by atoms with Gasteiger partial charge >= 0.3 is 6.09 Å². The lowest BCUT2D eigenvalue weighted by molar-refractivity contribution is -0.151. The summed E-state index contributed by atoms with van der Waals surface area (Å²) in [6.45, 7) is 9.50. The minimum Gasteiger partial charge on any atom is -0.493 e. The molecule has 196 valence electrons. The fourth-order valence-corrected chi connectivity index (χ4v) is 4.11. The van der Waals surface area contributed by atoms with E-state index in [0.717, 1.165) is 24.8 Å². The second-order valence-electron chi connectivity index (χ2n) is 10.0. The molecule has 1 unspecified atom stereocenters. The molecule has 0 N–H and O–H groups in total. The van der Waals surface area contributed by atoms with E-state index < -0.39 is 17.8 Å². The van der Waals surface area contributed by atoms with Crippen molar-refractivity contribution in [2.24, 2.45) is 0 Å². The summed E-state index contributed by atoms with van der Waals surface area (Å²) in [4.78, 5) is 29.7. The highest BCUT2D eigenvalue weighted by Crippen LogP contribution is 2.38. The van der Waals surface area contributed by atoms with E-state index in [1.54, 1.807) is 19.1 Å². The Morgan fingerprint density at radius 1 is 1.17 bits per heavy atom. The summed E-state index contributed by atoms with van der Waals surface area (Å²) in [5, 5.41) is 0. The second kappa shape index (κ2) is 11.9. The number of nitrogens with zero attached hydrogens (tertiary/aromatic N) is 2. The zero-order chi connectivity index (χ0) is 25.6. The number of hydrogen-bond acceptors (Lipinski definition) is 7. The van der Waals surface area contributed by atoms with Crippen LogP contribution in [0.2, 0.25) is 0 Å². The van der Waals surface area contributed by atoms with Gasteiger partial charge in [-0.2, -0.15) is 0 Å². The molecule has 1 aliphatic carbocycles. The maximum absolute atomic E-state index is 13.7. The van der Waals surface area contributed by atoms with Gasteiger partial charge in [0.1, 0.15) is 5.60 Å². The van der Waals surface area contributed by atoms with E-state index in [-0.39, 0.29) is 24.5 Å². The number of ether oxygens (including phenoxy) is 5. The highest BCUT2D eigenvalue weighted by molar-refractivity contribution is 5.83. The van der Waals surface area contributed by atoms with Crippen molar-refractivity contribution in [3.8, 4) is 11.5 Å². The second-order valence-corrected chi connectivity index (χ2v) is 10.0. The predicted molar refractivity (Wildman–Crippen MR) is 131 cm³/mol. The monoisotopic (exact) mass is 492 g/mol. The molecule has 2 amide bonds. The Morgan fingerprint density at radius 3 is 2.54 bits per heavy atom. The molecule has 2 fully saturated rings. The van der Waals surface area contributed by atoms with Crippen LogP contribution in [0, 0.1) is 0 Å². The predicted octanol–water partition coefficient (Wildman–Crippen LogP) is 3.80. The smallest absolute Gasteiger partial charge is 0.410 e. The fourth-order valence-electron chi connectivity index (χ4n) is 4.11. The third kappa shape index (κ3) is 7.48. The quantitative estimate of drug-likeness (QED) is 0.459. The van der Waals surface area contributed by atoms with Crippen LogP contribution >= 0.6 is 0 Å². The lowest BCUT2D eigenvalue weighted by atomic mass is 10.0. The molecule has 0 bridgehead atoms. The van der Waals surface area contributed by atoms with Crippen LogP contribution in [0.25, 0.3) is 0 Å². The first-order chi connectivity index (χ1) is 16.6. The SMILES string of the molecule is COCCCOc1cc(C(C)N(C(=O)[C@H]2CN(C(=O)OC(C)(C)C)CCO2)C2CC2)ccc1OC. The zero-order valence-corrected chi connectivity index (χ0v) is 21.9. The maximum Gasteiger partial charge on any atom is 0.410 e. The summed E-state index contributed by atoms with van der Waals surface area (Å²) in [6, 6.07) is 5.74. The summed E-state index contributed by atoms with van der Waals surface area (Å²) >= 11 is 0. The molecule has 1 heterocycles. The minimum atomic E-state index is -0.720. The van der Waals surface area contributed by atoms with Crippen LogP contribution in [0.5, 0.6) is 11.5 Å². The van der Waals surface area contributed by atoms with E-state index in [2.05, 4.69) is 0 Å². The molecule has 1 aromatic rings. The number of rotatable bonds is 10. The maximum atomic E-state index is 13.7. The lowest BCUT2D eigenvalue weighted by Crippen LogP contribution is -2.54. The first-order valence-corrected chi connectivity index (χ1v) is 12.4. The van der Waals surface area contributed by atoms with Gasteiger partial charge in [0.2, 0.25) is 0 Å². The molecule has 1 aromatic carbocycles. The Hall–Kier alpha value is -2.52. The molecule has 9 nitrogen and oxygen atoms in total. The number of amides is 2. The van der Waals surface area contributed by atoms with Crippen molar-refractivity contribution in [2.45, 2.75) is 70.7 Å². The van der Waals surface area contributed by atoms with Crippen LogP contribution in [-0.4, -0.2) is 86.7 Å². The van der Waals surface area contributed by atoms with Gasteiger partial charge in [0.05, 0.1) is 32.9 Å². The van der Waals surface area contributed by atoms with Gasteiger partial charge in [0.15, 0.2) is 17.6 Å². The highest BCUT2D eigenvalue weighted by atomic mass is 16.6. The van der Waals surface area contributed by atoms with Gasteiger partial charge in [-0.05, 0) is 58.2 Å². The minimum absolute atomic E-state index is 0.105. The molecular formula is C26H40N2O7. The molecule has 9 heteroatoms. The Morgan fingerprint density at radius 2 is 1.91 bits per heavy atom. The van der Waals surface area contributed by atoms with Gasteiger partial charge < -0.3 is 33.5 Å². The Kier molecular flexibility index (Phi) is 9.24. The summed E-state index contributed by atoms with van der Waals surface area (Å²) < 4.78 is 27.8. The molecule has 1 saturated carbocycles. The average molecular weight is 493 g/mol. The van der Waals surface area contributed by atoms with Crippen LogP contribution in [0.3, 0.4) is 0 Å². The van der Waals surface area contributed by atoms with Gasteiger partial charge in [-0.15, -0.1) is 0 Å². The van der Waals surface area contributed by atoms with Crippen LogP contribution in [-0.2, 0) is 19.0 Å². The van der Waals surface area contributed by atoms with Crippen molar-refractivity contribution in [3.05, 3.63) is 23.8 Å². The van der Waals surface area contributed by atoms with Gasteiger partial charge in [0, 0.05) is 32.7 Å². The van der Waals surface area contributed by atoms with E-state index in [1.165, 1.54) is 0 Å². The van der Waals surface area contributed by atoms with E-state index in [4.69, 9.17) is 23.7 Å². The standard InChI is InChI=1S/C26H40N2O7/c1-18(19-8-11-21(32-6)22(16-19)33-14-7-13-31-5)28(20-9-10-20)24(29)23-17-27(12-15-34-23)25(30)35-26(2,3)4/h8,11,16,18,20,23H,7,9-10,12-15,17H2,1-6H3/t18?,23-/m1/s1. The third-order valence-electron chi connectivity index (χ3n) is 6.03. The molecule has 3 rings (SSSR count). The molecule has 0 radical (unpaired) electrons. The summed E-state index contributed by atoms with van der Waals surface area (Å²) in [7, 11) is 3.27. The van der Waals surface area contributed by atoms with Crippen LogP contribution < -0.4 is 9.47 Å². The number of hydrogen-bond donors (Lipinski definition) is 0. The van der Waals surface area contributed by atoms with Gasteiger partial charge in [-0.1, -0.05) is 6.07 Å². The topological polar surface area (TPSA) is 86.8 Å². The third-order valence-corrected chi connectivity index (χ3v) is 6.03. The molecule has 0 spiro atoms. The largest absolute Gasteiger partial charge is 0.493 e. The van der Waals surface area contributed by atoms with Crippen molar-refractivity contribution < 1.29 is 33.3 Å². The zero-order valence-electron chi connectivity index (χ0n) is 21.9. The van der Waals surface area contributed by atoms with E-state index >= 15 is 0 Å². The highest BCUT2D eigenvalue weighted by Gasteiger charge is 2.42. The van der Waals surface area contributed by atoms with Crippen molar-refractivity contribution in [1.82, 2.24) is 9.80 Å². The number of carbonyl (C=O) groups excluding carboxylic acids is 2. The number of benzene rings is 1. The molecule has 1 saturated heterocycles. The Bertz CT molecular complexity index is 866. The fraction of sp³-hybridized carbons (Fsp3) is 0.692. The van der Waals surface area contributed by atoms with Crippen molar-refractivity contribution in [2.75, 3.05) is 47.1 Å². The first-order valence-electron chi connectivity index (χ1n) is 12.4.